The molecule has 52 heavy (non-hydrogen) atoms. The topological polar surface area (TPSA) is 68.3 Å². The molecule has 0 heterocycles. The van der Waals surface area contributed by atoms with Gasteiger partial charge in [-0.25, -0.2) is 0 Å². The summed E-state index contributed by atoms with van der Waals surface area (Å²) in [4.78, 5) is 50.3. The molecule has 2 aliphatic rings. The SMILES string of the molecule is C=Cc1cc2c(-c3ccccc3C3CC(=O)CC(=O)C3)ccc3c4ccc(-c5ccccc5C5CC(=O)CC(=O)C5)c5cc(C=C)cc(c(c1)c23)c54. The predicted octanol–water partition coefficient (Wildman–Crippen LogP) is 11.2. The van der Waals surface area contributed by atoms with Crippen LogP contribution in [0.4, 0.5) is 0 Å². The Morgan fingerprint density at radius 1 is 0.423 bits per heavy atom. The molecule has 4 nitrogen and oxygen atoms in total. The lowest BCUT2D eigenvalue weighted by Crippen LogP contribution is -2.21. The fraction of sp³-hybridized carbons (Fsp3) is 0.167. The fourth-order valence-electron chi connectivity index (χ4n) is 9.20. The normalized spacial score (nSPS) is 16.2. The molecule has 0 saturated heterocycles. The van der Waals surface area contributed by atoms with Gasteiger partial charge >= 0.3 is 0 Å². The number of hydrogen-bond acceptors (Lipinski definition) is 4. The average molecular weight is 677 g/mol. The standard InChI is InChI=1S/C48H36O4/c1-3-27-17-43-39(37-11-7-5-9-35(37)29-21-31(49)25-32(50)22-29)13-15-41-42-16-14-40(38-12-8-6-10-36(38)30-23-33(51)26-34(52)24-30)44-18-28(4-2)20-46(48(42)44)45(19-27)47(41)43/h3-20,29-30H,1-2,21-26H2. The Morgan fingerprint density at radius 3 is 1.17 bits per heavy atom. The second-order valence-electron chi connectivity index (χ2n) is 14.6. The van der Waals surface area contributed by atoms with Crippen molar-refractivity contribution in [1.82, 2.24) is 0 Å². The van der Waals surface area contributed by atoms with Crippen LogP contribution in [0.25, 0.3) is 77.5 Å². The molecule has 7 aromatic carbocycles. The first-order valence-electron chi connectivity index (χ1n) is 18.0. The van der Waals surface area contributed by atoms with Crippen molar-refractivity contribution in [3.63, 3.8) is 0 Å². The average Bonchev–Trinajstić information content (AvgIpc) is 3.15. The van der Waals surface area contributed by atoms with E-state index in [-0.39, 0.29) is 47.8 Å². The van der Waals surface area contributed by atoms with Crippen molar-refractivity contribution in [1.29, 1.82) is 0 Å². The van der Waals surface area contributed by atoms with Crippen molar-refractivity contribution in [3.05, 3.63) is 132 Å². The number of hydrogen-bond donors (Lipinski definition) is 0. The largest absolute Gasteiger partial charge is 0.299 e. The Kier molecular flexibility index (Phi) is 7.58. The van der Waals surface area contributed by atoms with E-state index in [0.717, 1.165) is 87.6 Å². The number of carbonyl (C=O) groups excluding carboxylic acids is 4. The number of fused-ring (bicyclic) bond motifs is 2. The summed E-state index contributed by atoms with van der Waals surface area (Å²) >= 11 is 0. The van der Waals surface area contributed by atoms with Gasteiger partial charge in [0, 0.05) is 25.7 Å². The summed E-state index contributed by atoms with van der Waals surface area (Å²) in [5.41, 5.74) is 8.25. The minimum Gasteiger partial charge on any atom is -0.299 e. The Hall–Kier alpha value is -6.00. The van der Waals surface area contributed by atoms with Gasteiger partial charge in [-0.3, -0.25) is 19.2 Å². The molecule has 0 unspecified atom stereocenters. The zero-order valence-electron chi connectivity index (χ0n) is 28.8. The predicted molar refractivity (Wildman–Crippen MR) is 212 cm³/mol. The third kappa shape index (κ3) is 5.12. The van der Waals surface area contributed by atoms with Crippen molar-refractivity contribution in [2.24, 2.45) is 0 Å². The van der Waals surface area contributed by atoms with Gasteiger partial charge in [-0.1, -0.05) is 98.1 Å². The first-order chi connectivity index (χ1) is 25.3. The highest BCUT2D eigenvalue weighted by atomic mass is 16.2. The molecule has 4 heteroatoms. The monoisotopic (exact) mass is 676 g/mol. The van der Waals surface area contributed by atoms with Gasteiger partial charge in [0.15, 0.2) is 0 Å². The zero-order valence-corrected chi connectivity index (χ0v) is 28.8. The molecule has 0 amide bonds. The van der Waals surface area contributed by atoms with Crippen molar-refractivity contribution >= 4 is 78.4 Å². The van der Waals surface area contributed by atoms with E-state index >= 15 is 0 Å². The number of benzene rings is 7. The zero-order chi connectivity index (χ0) is 35.7. The fourth-order valence-corrected chi connectivity index (χ4v) is 9.20. The van der Waals surface area contributed by atoms with Crippen LogP contribution in [0, 0.1) is 0 Å². The minimum atomic E-state index is -0.148. The van der Waals surface area contributed by atoms with Crippen LogP contribution in [-0.4, -0.2) is 23.1 Å². The lowest BCUT2D eigenvalue weighted by Gasteiger charge is -2.25. The summed E-state index contributed by atoms with van der Waals surface area (Å²) in [5.74, 6) is -0.268. The summed E-state index contributed by atoms with van der Waals surface area (Å²) in [6.07, 6.45) is 5.35. The Balaban J connectivity index is 1.33. The van der Waals surface area contributed by atoms with Gasteiger partial charge < -0.3 is 0 Å². The summed E-state index contributed by atoms with van der Waals surface area (Å²) in [5, 5.41) is 8.98. The minimum absolute atomic E-state index is 0.00679. The van der Waals surface area contributed by atoms with Crippen LogP contribution in [0.3, 0.4) is 0 Å². The number of ketones is 4. The maximum atomic E-state index is 12.6. The van der Waals surface area contributed by atoms with Crippen LogP contribution in [0.15, 0.2) is 110 Å². The Bertz CT molecular complexity index is 2490. The summed E-state index contributed by atoms with van der Waals surface area (Å²) in [7, 11) is 0. The van der Waals surface area contributed by atoms with Gasteiger partial charge in [-0.2, -0.15) is 0 Å². The molecule has 0 radical (unpaired) electrons. The van der Waals surface area contributed by atoms with Gasteiger partial charge in [-0.05, 0) is 124 Å². The molecule has 7 aromatic rings. The van der Waals surface area contributed by atoms with Crippen LogP contribution in [-0.2, 0) is 19.2 Å². The number of rotatable bonds is 6. The molecule has 2 aliphatic carbocycles. The second kappa shape index (κ2) is 12.3. The van der Waals surface area contributed by atoms with Crippen molar-refractivity contribution in [2.75, 3.05) is 0 Å². The maximum absolute atomic E-state index is 12.6. The highest BCUT2D eigenvalue weighted by Gasteiger charge is 2.30. The van der Waals surface area contributed by atoms with Crippen LogP contribution in [0.5, 0.6) is 0 Å². The van der Waals surface area contributed by atoms with E-state index in [1.54, 1.807) is 0 Å². The summed E-state index contributed by atoms with van der Waals surface area (Å²) in [6.45, 7) is 8.34. The molecule has 2 fully saturated rings. The number of carbonyl (C=O) groups is 4. The van der Waals surface area contributed by atoms with Gasteiger partial charge in [-0.15, -0.1) is 0 Å². The van der Waals surface area contributed by atoms with E-state index in [1.807, 2.05) is 36.4 Å². The van der Waals surface area contributed by atoms with Gasteiger partial charge in [0.2, 0.25) is 0 Å². The first kappa shape index (κ1) is 31.9. The van der Waals surface area contributed by atoms with E-state index in [1.165, 1.54) is 0 Å². The molecular weight excluding hydrogens is 641 g/mol. The third-order valence-corrected chi connectivity index (χ3v) is 11.4. The highest BCUT2D eigenvalue weighted by Crippen LogP contribution is 2.48. The lowest BCUT2D eigenvalue weighted by atomic mass is 9.77. The van der Waals surface area contributed by atoms with Crippen molar-refractivity contribution in [3.8, 4) is 22.3 Å². The molecule has 252 valence electrons. The van der Waals surface area contributed by atoms with Crippen molar-refractivity contribution in [2.45, 2.75) is 50.4 Å². The first-order valence-corrected chi connectivity index (χ1v) is 18.0. The molecule has 9 rings (SSSR count). The van der Waals surface area contributed by atoms with E-state index in [2.05, 4.69) is 86.0 Å². The molecule has 0 aliphatic heterocycles. The highest BCUT2D eigenvalue weighted by molar-refractivity contribution is 6.36. The molecule has 0 bridgehead atoms. The second-order valence-corrected chi connectivity index (χ2v) is 14.6. The van der Waals surface area contributed by atoms with E-state index in [4.69, 9.17) is 0 Å². The third-order valence-electron chi connectivity index (χ3n) is 11.4. The lowest BCUT2D eigenvalue weighted by molar-refractivity contribution is -0.131. The van der Waals surface area contributed by atoms with E-state index in [9.17, 15) is 19.2 Å². The van der Waals surface area contributed by atoms with E-state index in [0.29, 0.717) is 25.7 Å². The molecule has 0 spiro atoms. The van der Waals surface area contributed by atoms with E-state index < -0.39 is 0 Å². The molecule has 2 saturated carbocycles. The van der Waals surface area contributed by atoms with Crippen LogP contribution >= 0.6 is 0 Å². The summed E-state index contributed by atoms with van der Waals surface area (Å²) < 4.78 is 0. The van der Waals surface area contributed by atoms with Gasteiger partial charge in [0.25, 0.3) is 0 Å². The number of Topliss-reactive ketones (excluding diaryl/α,β-unsaturated/α-hetero) is 4. The van der Waals surface area contributed by atoms with Crippen molar-refractivity contribution < 1.29 is 19.2 Å². The summed E-state index contributed by atoms with van der Waals surface area (Å²) in [6, 6.07) is 34.1. The molecule has 0 aromatic heterocycles. The van der Waals surface area contributed by atoms with Gasteiger partial charge in [0.05, 0.1) is 12.8 Å². The Morgan fingerprint density at radius 2 is 0.788 bits per heavy atom. The molecule has 0 N–H and O–H groups in total. The molecule has 0 atom stereocenters. The Labute approximate surface area is 301 Å². The quantitative estimate of drug-likeness (QED) is 0.0999. The molecular formula is C48H36O4. The van der Waals surface area contributed by atoms with Crippen LogP contribution in [0.1, 0.15) is 72.6 Å². The van der Waals surface area contributed by atoms with Crippen LogP contribution in [0.2, 0.25) is 0 Å². The smallest absolute Gasteiger partial charge is 0.140 e. The van der Waals surface area contributed by atoms with Gasteiger partial charge in [0.1, 0.15) is 23.1 Å². The van der Waals surface area contributed by atoms with Crippen LogP contribution < -0.4 is 0 Å². The maximum Gasteiger partial charge on any atom is 0.140 e.